The largest absolute Gasteiger partial charge is 0.497 e. The van der Waals surface area contributed by atoms with Gasteiger partial charge < -0.3 is 14.6 Å². The number of ether oxygens (including phenoxy) is 1. The van der Waals surface area contributed by atoms with Crippen molar-refractivity contribution in [2.75, 3.05) is 12.4 Å². The van der Waals surface area contributed by atoms with Crippen molar-refractivity contribution >= 4 is 17.3 Å². The minimum absolute atomic E-state index is 0.0354. The van der Waals surface area contributed by atoms with E-state index in [1.165, 1.54) is 22.8 Å². The molecule has 1 heterocycles. The minimum Gasteiger partial charge on any atom is -0.497 e. The smallest absolute Gasteiger partial charge is 0.293 e. The van der Waals surface area contributed by atoms with Gasteiger partial charge in [-0.3, -0.25) is 19.7 Å². The Hall–Kier alpha value is -3.94. The average Bonchev–Trinajstić information content (AvgIpc) is 2.70. The molecule has 0 aliphatic rings. The summed E-state index contributed by atoms with van der Waals surface area (Å²) in [6.07, 6.45) is 1.58. The van der Waals surface area contributed by atoms with E-state index in [1.807, 2.05) is 12.1 Å². The third kappa shape index (κ3) is 4.49. The highest BCUT2D eigenvalue weighted by Crippen LogP contribution is 2.25. The van der Waals surface area contributed by atoms with Crippen molar-refractivity contribution in [3.63, 3.8) is 0 Å². The highest BCUT2D eigenvalue weighted by atomic mass is 16.6. The second-order valence-electron chi connectivity index (χ2n) is 6.44. The molecule has 0 saturated heterocycles. The highest BCUT2D eigenvalue weighted by molar-refractivity contribution is 6.05. The SMILES string of the molecule is COc1cccc(Cn2cccc(C(=O)Nc3ccc(C)cc3[N+](=O)[O-])c2=O)c1. The Morgan fingerprint density at radius 3 is 2.69 bits per heavy atom. The quantitative estimate of drug-likeness (QED) is 0.511. The zero-order chi connectivity index (χ0) is 21.0. The molecule has 0 unspecified atom stereocenters. The van der Waals surface area contributed by atoms with Crippen molar-refractivity contribution in [3.05, 3.63) is 98.0 Å². The Bertz CT molecular complexity index is 1140. The van der Waals surface area contributed by atoms with Crippen LogP contribution in [-0.2, 0) is 6.54 Å². The summed E-state index contributed by atoms with van der Waals surface area (Å²) in [4.78, 5) is 36.1. The predicted octanol–water partition coefficient (Wildman–Crippen LogP) is 3.37. The molecule has 3 aromatic rings. The normalized spacial score (nSPS) is 10.4. The van der Waals surface area contributed by atoms with E-state index in [9.17, 15) is 19.7 Å². The van der Waals surface area contributed by atoms with Gasteiger partial charge in [-0.25, -0.2) is 0 Å². The number of hydrogen-bond acceptors (Lipinski definition) is 5. The summed E-state index contributed by atoms with van der Waals surface area (Å²) < 4.78 is 6.58. The van der Waals surface area contributed by atoms with Crippen molar-refractivity contribution in [1.29, 1.82) is 0 Å². The zero-order valence-electron chi connectivity index (χ0n) is 15.9. The number of hydrogen-bond donors (Lipinski definition) is 1. The van der Waals surface area contributed by atoms with Gasteiger partial charge in [-0.05, 0) is 48.4 Å². The first-order valence-corrected chi connectivity index (χ1v) is 8.78. The molecule has 1 amide bonds. The molecule has 1 N–H and O–H groups in total. The molecule has 0 atom stereocenters. The van der Waals surface area contributed by atoms with Crippen LogP contribution in [-0.4, -0.2) is 22.5 Å². The molecule has 0 radical (unpaired) electrons. The first-order chi connectivity index (χ1) is 13.9. The highest BCUT2D eigenvalue weighted by Gasteiger charge is 2.19. The van der Waals surface area contributed by atoms with Gasteiger partial charge in [0.1, 0.15) is 17.0 Å². The van der Waals surface area contributed by atoms with Crippen LogP contribution in [0.3, 0.4) is 0 Å². The number of pyridine rings is 1. The van der Waals surface area contributed by atoms with Gasteiger partial charge in [0.05, 0.1) is 18.6 Å². The van der Waals surface area contributed by atoms with Gasteiger partial charge in [-0.2, -0.15) is 0 Å². The van der Waals surface area contributed by atoms with E-state index in [2.05, 4.69) is 5.32 Å². The van der Waals surface area contributed by atoms with E-state index in [4.69, 9.17) is 4.74 Å². The van der Waals surface area contributed by atoms with E-state index >= 15 is 0 Å². The maximum atomic E-state index is 12.8. The van der Waals surface area contributed by atoms with Gasteiger partial charge in [0, 0.05) is 12.3 Å². The molecule has 29 heavy (non-hydrogen) atoms. The van der Waals surface area contributed by atoms with E-state index in [0.717, 1.165) is 5.56 Å². The second-order valence-corrected chi connectivity index (χ2v) is 6.44. The van der Waals surface area contributed by atoms with Crippen molar-refractivity contribution in [3.8, 4) is 5.75 Å². The average molecular weight is 393 g/mol. The number of rotatable bonds is 6. The monoisotopic (exact) mass is 393 g/mol. The fourth-order valence-electron chi connectivity index (χ4n) is 2.89. The number of aromatic nitrogens is 1. The molecule has 0 bridgehead atoms. The molecule has 148 valence electrons. The number of carbonyl (C=O) groups is 1. The number of aryl methyl sites for hydroxylation is 1. The summed E-state index contributed by atoms with van der Waals surface area (Å²) in [7, 11) is 1.56. The lowest BCUT2D eigenvalue weighted by atomic mass is 10.1. The number of methoxy groups -OCH3 is 1. The standard InChI is InChI=1S/C21H19N3O5/c1-14-8-9-18(19(11-14)24(27)28)22-20(25)17-7-4-10-23(21(17)26)13-15-5-3-6-16(12-15)29-2/h3-12H,13H2,1-2H3,(H,22,25). The summed E-state index contributed by atoms with van der Waals surface area (Å²) in [6.45, 7) is 1.97. The third-order valence-corrected chi connectivity index (χ3v) is 4.35. The van der Waals surface area contributed by atoms with Gasteiger partial charge in [0.25, 0.3) is 17.2 Å². The molecule has 8 heteroatoms. The van der Waals surface area contributed by atoms with Crippen LogP contribution >= 0.6 is 0 Å². The molecule has 3 rings (SSSR count). The molecular weight excluding hydrogens is 374 g/mol. The zero-order valence-corrected chi connectivity index (χ0v) is 15.9. The Balaban J connectivity index is 1.88. The molecule has 0 spiro atoms. The fourth-order valence-corrected chi connectivity index (χ4v) is 2.89. The van der Waals surface area contributed by atoms with Crippen molar-refractivity contribution in [2.24, 2.45) is 0 Å². The van der Waals surface area contributed by atoms with E-state index in [0.29, 0.717) is 11.3 Å². The van der Waals surface area contributed by atoms with Crippen LogP contribution in [0.4, 0.5) is 11.4 Å². The molecule has 1 aromatic heterocycles. The number of nitrogens with one attached hydrogen (secondary N) is 1. The van der Waals surface area contributed by atoms with Crippen LogP contribution in [0, 0.1) is 17.0 Å². The van der Waals surface area contributed by atoms with Crippen molar-refractivity contribution in [1.82, 2.24) is 4.57 Å². The van der Waals surface area contributed by atoms with Crippen LogP contribution in [0.1, 0.15) is 21.5 Å². The number of nitro groups is 1. The molecule has 0 aliphatic carbocycles. The van der Waals surface area contributed by atoms with E-state index < -0.39 is 16.4 Å². The lowest BCUT2D eigenvalue weighted by Crippen LogP contribution is -2.29. The number of carbonyl (C=O) groups excluding carboxylic acids is 1. The van der Waals surface area contributed by atoms with Gasteiger partial charge in [0.2, 0.25) is 0 Å². The van der Waals surface area contributed by atoms with Gasteiger partial charge in [-0.1, -0.05) is 18.2 Å². The molecule has 0 aliphatic heterocycles. The number of benzene rings is 2. The lowest BCUT2D eigenvalue weighted by molar-refractivity contribution is -0.384. The summed E-state index contributed by atoms with van der Waals surface area (Å²) >= 11 is 0. The Morgan fingerprint density at radius 1 is 1.17 bits per heavy atom. The van der Waals surface area contributed by atoms with Crippen LogP contribution in [0.5, 0.6) is 5.75 Å². The third-order valence-electron chi connectivity index (χ3n) is 4.35. The molecular formula is C21H19N3O5. The van der Waals surface area contributed by atoms with Crippen LogP contribution in [0.15, 0.2) is 65.6 Å². The molecule has 8 nitrogen and oxygen atoms in total. The molecule has 0 saturated carbocycles. The number of amides is 1. The van der Waals surface area contributed by atoms with Crippen LogP contribution < -0.4 is 15.6 Å². The van der Waals surface area contributed by atoms with E-state index in [1.54, 1.807) is 44.5 Å². The Morgan fingerprint density at radius 2 is 1.97 bits per heavy atom. The van der Waals surface area contributed by atoms with Gasteiger partial charge in [-0.15, -0.1) is 0 Å². The summed E-state index contributed by atoms with van der Waals surface area (Å²) in [6, 6.07) is 14.7. The number of nitro benzene ring substituents is 1. The molecule has 0 fully saturated rings. The Kier molecular flexibility index (Phi) is 5.73. The maximum Gasteiger partial charge on any atom is 0.293 e. The minimum atomic E-state index is -0.707. The number of anilines is 1. The number of nitrogens with zero attached hydrogens (tertiary/aromatic N) is 2. The van der Waals surface area contributed by atoms with Gasteiger partial charge in [0.15, 0.2) is 0 Å². The summed E-state index contributed by atoms with van der Waals surface area (Å²) in [5.74, 6) is -0.0435. The van der Waals surface area contributed by atoms with Crippen LogP contribution in [0.2, 0.25) is 0 Å². The summed E-state index contributed by atoms with van der Waals surface area (Å²) in [5.41, 5.74) is 0.722. The molecule has 2 aromatic carbocycles. The lowest BCUT2D eigenvalue weighted by Gasteiger charge is -2.10. The fraction of sp³-hybridized carbons (Fsp3) is 0.143. The van der Waals surface area contributed by atoms with Crippen molar-refractivity contribution < 1.29 is 14.5 Å². The predicted molar refractivity (Wildman–Crippen MR) is 109 cm³/mol. The second kappa shape index (κ2) is 8.39. The van der Waals surface area contributed by atoms with E-state index in [-0.39, 0.29) is 23.5 Å². The topological polar surface area (TPSA) is 103 Å². The maximum absolute atomic E-state index is 12.8. The summed E-state index contributed by atoms with van der Waals surface area (Å²) in [5, 5.41) is 13.7. The first kappa shape index (κ1) is 19.8. The first-order valence-electron chi connectivity index (χ1n) is 8.78. The van der Waals surface area contributed by atoms with Crippen LogP contribution in [0.25, 0.3) is 0 Å². The van der Waals surface area contributed by atoms with Gasteiger partial charge >= 0.3 is 0 Å². The Labute approximate surface area is 166 Å². The van der Waals surface area contributed by atoms with Crippen molar-refractivity contribution in [2.45, 2.75) is 13.5 Å².